The number of hydrogen-bond acceptors (Lipinski definition) is 2. The predicted molar refractivity (Wildman–Crippen MR) is 78.5 cm³/mol. The second-order valence-corrected chi connectivity index (χ2v) is 6.82. The van der Waals surface area contributed by atoms with Crippen molar-refractivity contribution in [1.82, 2.24) is 10.6 Å². The number of carbonyl (C=O) groups is 2. The summed E-state index contributed by atoms with van der Waals surface area (Å²) >= 11 is 0. The number of amides is 2. The fraction of sp³-hybridized carbons (Fsp3) is 0.867. The van der Waals surface area contributed by atoms with Gasteiger partial charge in [-0.05, 0) is 37.5 Å². The van der Waals surface area contributed by atoms with Gasteiger partial charge in [-0.3, -0.25) is 4.79 Å². The van der Waals surface area contributed by atoms with Crippen LogP contribution in [0.15, 0.2) is 0 Å². The van der Waals surface area contributed by atoms with Crippen molar-refractivity contribution in [1.29, 1.82) is 0 Å². The van der Waals surface area contributed by atoms with Crippen LogP contribution in [0.4, 0.5) is 4.79 Å². The van der Waals surface area contributed by atoms with Crippen LogP contribution in [0.1, 0.15) is 53.4 Å². The van der Waals surface area contributed by atoms with Crippen LogP contribution >= 0.6 is 0 Å². The van der Waals surface area contributed by atoms with Crippen LogP contribution in [0.5, 0.6) is 0 Å². The molecule has 0 aromatic heterocycles. The number of carboxylic acids is 1. The molecule has 3 unspecified atom stereocenters. The van der Waals surface area contributed by atoms with Gasteiger partial charge >= 0.3 is 12.0 Å². The average molecular weight is 284 g/mol. The third-order valence-electron chi connectivity index (χ3n) is 4.30. The van der Waals surface area contributed by atoms with E-state index in [1.165, 1.54) is 6.42 Å². The molecule has 0 bridgehead atoms. The van der Waals surface area contributed by atoms with Gasteiger partial charge in [0.2, 0.25) is 0 Å². The minimum atomic E-state index is -0.754. The average Bonchev–Trinajstić information content (AvgIpc) is 2.94. The van der Waals surface area contributed by atoms with Crippen molar-refractivity contribution < 1.29 is 14.7 Å². The maximum atomic E-state index is 11.7. The Labute approximate surface area is 121 Å². The quantitative estimate of drug-likeness (QED) is 0.641. The Bertz CT molecular complexity index is 355. The molecule has 0 aromatic rings. The minimum absolute atomic E-state index is 0.0724. The second kappa shape index (κ2) is 6.95. The molecule has 1 fully saturated rings. The van der Waals surface area contributed by atoms with E-state index >= 15 is 0 Å². The highest BCUT2D eigenvalue weighted by Gasteiger charge is 2.45. The Morgan fingerprint density at radius 3 is 2.40 bits per heavy atom. The molecule has 0 heterocycles. The van der Waals surface area contributed by atoms with E-state index in [9.17, 15) is 9.59 Å². The Kier molecular flexibility index (Phi) is 5.84. The smallest absolute Gasteiger partial charge is 0.315 e. The highest BCUT2D eigenvalue weighted by molar-refractivity contribution is 5.74. The normalized spacial score (nSPS) is 22.7. The van der Waals surface area contributed by atoms with E-state index in [0.717, 1.165) is 19.4 Å². The lowest BCUT2D eigenvalue weighted by atomic mass is 10.0. The zero-order valence-corrected chi connectivity index (χ0v) is 13.0. The summed E-state index contributed by atoms with van der Waals surface area (Å²) in [6, 6.07) is -0.0466. The molecule has 0 spiro atoms. The molecule has 0 aromatic carbocycles. The maximum absolute atomic E-state index is 11.7. The first kappa shape index (κ1) is 16.8. The summed E-state index contributed by atoms with van der Waals surface area (Å²) in [6.45, 7) is 8.82. The molecule has 5 nitrogen and oxygen atoms in total. The highest BCUT2D eigenvalue weighted by atomic mass is 16.4. The molecule has 5 heteroatoms. The largest absolute Gasteiger partial charge is 0.481 e. The van der Waals surface area contributed by atoms with Crippen molar-refractivity contribution >= 4 is 12.0 Å². The summed E-state index contributed by atoms with van der Waals surface area (Å²) in [5, 5.41) is 14.6. The predicted octanol–water partition coefficient (Wildman–Crippen LogP) is 2.61. The number of nitrogens with one attached hydrogen (secondary N) is 2. The van der Waals surface area contributed by atoms with Crippen molar-refractivity contribution in [3.63, 3.8) is 0 Å². The summed E-state index contributed by atoms with van der Waals surface area (Å²) in [7, 11) is 0. The Morgan fingerprint density at radius 1 is 1.30 bits per heavy atom. The minimum Gasteiger partial charge on any atom is -0.481 e. The Balaban J connectivity index is 2.07. The molecule has 1 rings (SSSR count). The fourth-order valence-electron chi connectivity index (χ4n) is 2.34. The molecule has 1 saturated carbocycles. The van der Waals surface area contributed by atoms with Crippen LogP contribution in [0, 0.1) is 17.3 Å². The summed E-state index contributed by atoms with van der Waals surface area (Å²) in [4.78, 5) is 22.4. The molecule has 3 atom stereocenters. The first-order chi connectivity index (χ1) is 9.22. The van der Waals surface area contributed by atoms with Crippen LogP contribution in [0.2, 0.25) is 0 Å². The lowest BCUT2D eigenvalue weighted by molar-refractivity contribution is -0.141. The SMILES string of the molecule is CC(CCCC(C)C(=O)O)NC(=O)NCC1CC1(C)C. The van der Waals surface area contributed by atoms with Crippen LogP contribution in [-0.4, -0.2) is 29.7 Å². The third kappa shape index (κ3) is 5.80. The Morgan fingerprint density at radius 2 is 1.90 bits per heavy atom. The van der Waals surface area contributed by atoms with E-state index in [1.54, 1.807) is 6.92 Å². The monoisotopic (exact) mass is 284 g/mol. The van der Waals surface area contributed by atoms with Crippen LogP contribution in [0.3, 0.4) is 0 Å². The van der Waals surface area contributed by atoms with E-state index in [1.807, 2.05) is 6.92 Å². The van der Waals surface area contributed by atoms with Gasteiger partial charge in [0.05, 0.1) is 5.92 Å². The van der Waals surface area contributed by atoms with Crippen LogP contribution < -0.4 is 10.6 Å². The summed E-state index contributed by atoms with van der Waals surface area (Å²) < 4.78 is 0. The zero-order valence-electron chi connectivity index (χ0n) is 13.0. The van der Waals surface area contributed by atoms with E-state index < -0.39 is 5.97 Å². The van der Waals surface area contributed by atoms with Gasteiger partial charge in [-0.25, -0.2) is 4.79 Å². The van der Waals surface area contributed by atoms with Gasteiger partial charge in [0.1, 0.15) is 0 Å². The number of carbonyl (C=O) groups excluding carboxylic acids is 1. The number of aliphatic carboxylic acids is 1. The van der Waals surface area contributed by atoms with Crippen molar-refractivity contribution in [3.05, 3.63) is 0 Å². The number of urea groups is 1. The second-order valence-electron chi connectivity index (χ2n) is 6.82. The number of hydrogen-bond donors (Lipinski definition) is 3. The molecule has 116 valence electrons. The van der Waals surface area contributed by atoms with Gasteiger partial charge < -0.3 is 15.7 Å². The topological polar surface area (TPSA) is 78.4 Å². The first-order valence-electron chi connectivity index (χ1n) is 7.49. The van der Waals surface area contributed by atoms with E-state index in [-0.39, 0.29) is 18.0 Å². The maximum Gasteiger partial charge on any atom is 0.315 e. The van der Waals surface area contributed by atoms with E-state index in [0.29, 0.717) is 17.8 Å². The molecular formula is C15H28N2O3. The van der Waals surface area contributed by atoms with Gasteiger partial charge in [-0.15, -0.1) is 0 Å². The van der Waals surface area contributed by atoms with Gasteiger partial charge in [-0.2, -0.15) is 0 Å². The summed E-state index contributed by atoms with van der Waals surface area (Å²) in [5.41, 5.74) is 0.381. The highest BCUT2D eigenvalue weighted by Crippen LogP contribution is 2.50. The van der Waals surface area contributed by atoms with Crippen LogP contribution in [0.25, 0.3) is 0 Å². The van der Waals surface area contributed by atoms with Crippen molar-refractivity contribution in [2.24, 2.45) is 17.3 Å². The van der Waals surface area contributed by atoms with Gasteiger partial charge in [0.25, 0.3) is 0 Å². The molecule has 20 heavy (non-hydrogen) atoms. The molecule has 1 aliphatic carbocycles. The van der Waals surface area contributed by atoms with Crippen molar-refractivity contribution in [2.45, 2.75) is 59.4 Å². The molecule has 0 radical (unpaired) electrons. The van der Waals surface area contributed by atoms with Gasteiger partial charge in [-0.1, -0.05) is 27.2 Å². The van der Waals surface area contributed by atoms with Gasteiger partial charge in [0, 0.05) is 12.6 Å². The van der Waals surface area contributed by atoms with Crippen molar-refractivity contribution in [3.8, 4) is 0 Å². The molecular weight excluding hydrogens is 256 g/mol. The fourth-order valence-corrected chi connectivity index (χ4v) is 2.34. The molecule has 0 saturated heterocycles. The van der Waals surface area contributed by atoms with E-state index in [4.69, 9.17) is 5.11 Å². The van der Waals surface area contributed by atoms with Crippen LogP contribution in [-0.2, 0) is 4.79 Å². The summed E-state index contributed by atoms with van der Waals surface area (Å²) in [6.07, 6.45) is 3.44. The van der Waals surface area contributed by atoms with Gasteiger partial charge in [0.15, 0.2) is 0 Å². The molecule has 0 aliphatic heterocycles. The molecule has 3 N–H and O–H groups in total. The summed E-state index contributed by atoms with van der Waals surface area (Å²) in [5.74, 6) is -0.469. The molecule has 2 amide bonds. The lowest BCUT2D eigenvalue weighted by Crippen LogP contribution is -2.41. The first-order valence-corrected chi connectivity index (χ1v) is 7.49. The number of carboxylic acid groups (broad SMARTS) is 1. The number of rotatable bonds is 8. The molecule has 1 aliphatic rings. The zero-order chi connectivity index (χ0) is 15.3. The van der Waals surface area contributed by atoms with Crippen molar-refractivity contribution in [2.75, 3.05) is 6.54 Å². The lowest BCUT2D eigenvalue weighted by Gasteiger charge is -2.15. The third-order valence-corrected chi connectivity index (χ3v) is 4.30. The standard InChI is InChI=1S/C15H28N2O3/c1-10(13(18)19)6-5-7-11(2)17-14(20)16-9-12-8-15(12,3)4/h10-12H,5-9H2,1-4H3,(H,18,19)(H2,16,17,20). The Hall–Kier alpha value is -1.26. The van der Waals surface area contributed by atoms with E-state index in [2.05, 4.69) is 24.5 Å².